The van der Waals surface area contributed by atoms with Crippen molar-refractivity contribution in [2.45, 2.75) is 6.92 Å². The lowest BCUT2D eigenvalue weighted by Gasteiger charge is -2.02. The SMILES string of the molecule is CC(=O)NCCNC(=O)c1nnc(Cl)s1. The van der Waals surface area contributed by atoms with Crippen molar-refractivity contribution in [1.82, 2.24) is 20.8 Å². The Kier molecular flexibility index (Phi) is 4.44. The van der Waals surface area contributed by atoms with Gasteiger partial charge in [-0.1, -0.05) is 11.3 Å². The molecule has 6 nitrogen and oxygen atoms in total. The van der Waals surface area contributed by atoms with Crippen LogP contribution in [0.3, 0.4) is 0 Å². The van der Waals surface area contributed by atoms with Gasteiger partial charge in [-0.3, -0.25) is 9.59 Å². The lowest BCUT2D eigenvalue weighted by Crippen LogP contribution is -2.33. The first-order valence-corrected chi connectivity index (χ1v) is 5.30. The van der Waals surface area contributed by atoms with Crippen LogP contribution < -0.4 is 10.6 Å². The Hall–Kier alpha value is -1.21. The maximum absolute atomic E-state index is 11.3. The Morgan fingerprint density at radius 3 is 2.53 bits per heavy atom. The van der Waals surface area contributed by atoms with Gasteiger partial charge in [0.2, 0.25) is 15.4 Å². The Morgan fingerprint density at radius 1 is 1.33 bits per heavy atom. The molecule has 82 valence electrons. The lowest BCUT2D eigenvalue weighted by molar-refractivity contribution is -0.118. The first-order chi connectivity index (χ1) is 7.09. The van der Waals surface area contributed by atoms with Crippen molar-refractivity contribution in [3.63, 3.8) is 0 Å². The minimum Gasteiger partial charge on any atom is -0.355 e. The summed E-state index contributed by atoms with van der Waals surface area (Å²) < 4.78 is 0.224. The predicted molar refractivity (Wildman–Crippen MR) is 55.9 cm³/mol. The average Bonchev–Trinajstić information content (AvgIpc) is 2.59. The number of hydrogen-bond donors (Lipinski definition) is 2. The third kappa shape index (κ3) is 4.22. The highest BCUT2D eigenvalue weighted by atomic mass is 35.5. The zero-order valence-electron chi connectivity index (χ0n) is 7.91. The normalized spacial score (nSPS) is 9.73. The van der Waals surface area contributed by atoms with Gasteiger partial charge in [0.1, 0.15) is 0 Å². The number of aromatic nitrogens is 2. The van der Waals surface area contributed by atoms with Gasteiger partial charge in [-0.05, 0) is 11.6 Å². The Bertz CT molecular complexity index is 368. The van der Waals surface area contributed by atoms with Gasteiger partial charge in [-0.2, -0.15) is 0 Å². The minimum absolute atomic E-state index is 0.136. The molecular weight excluding hydrogens is 240 g/mol. The number of nitrogens with zero attached hydrogens (tertiary/aromatic N) is 2. The van der Waals surface area contributed by atoms with E-state index in [1.165, 1.54) is 6.92 Å². The Labute approximate surface area is 95.0 Å². The summed E-state index contributed by atoms with van der Waals surface area (Å²) in [6, 6.07) is 0. The molecule has 1 aromatic rings. The highest BCUT2D eigenvalue weighted by molar-refractivity contribution is 7.17. The van der Waals surface area contributed by atoms with Gasteiger partial charge in [0.25, 0.3) is 5.91 Å². The van der Waals surface area contributed by atoms with E-state index in [1.807, 2.05) is 0 Å². The fraction of sp³-hybridized carbons (Fsp3) is 0.429. The van der Waals surface area contributed by atoms with Crippen LogP contribution in [0.15, 0.2) is 0 Å². The molecule has 0 bridgehead atoms. The molecule has 1 heterocycles. The molecule has 0 saturated carbocycles. The first kappa shape index (κ1) is 11.9. The van der Waals surface area contributed by atoms with E-state index in [-0.39, 0.29) is 21.3 Å². The summed E-state index contributed by atoms with van der Waals surface area (Å²) in [6.07, 6.45) is 0. The van der Waals surface area contributed by atoms with Crippen LogP contribution in [0, 0.1) is 0 Å². The number of nitrogens with one attached hydrogen (secondary N) is 2. The second-order valence-electron chi connectivity index (χ2n) is 2.60. The number of hydrogen-bond acceptors (Lipinski definition) is 5. The van der Waals surface area contributed by atoms with Crippen molar-refractivity contribution in [2.75, 3.05) is 13.1 Å². The van der Waals surface area contributed by atoms with Gasteiger partial charge in [-0.15, -0.1) is 10.2 Å². The maximum atomic E-state index is 11.3. The lowest BCUT2D eigenvalue weighted by atomic mass is 10.5. The van der Waals surface area contributed by atoms with Gasteiger partial charge in [0, 0.05) is 20.0 Å². The van der Waals surface area contributed by atoms with Gasteiger partial charge >= 0.3 is 0 Å². The zero-order chi connectivity index (χ0) is 11.3. The van der Waals surface area contributed by atoms with E-state index in [9.17, 15) is 9.59 Å². The third-order valence-electron chi connectivity index (χ3n) is 1.38. The van der Waals surface area contributed by atoms with E-state index in [0.717, 1.165) is 11.3 Å². The molecule has 0 aliphatic carbocycles. The number of carbonyl (C=O) groups excluding carboxylic acids is 2. The minimum atomic E-state index is -0.343. The van der Waals surface area contributed by atoms with Crippen LogP contribution in [-0.4, -0.2) is 35.1 Å². The van der Waals surface area contributed by atoms with E-state index in [1.54, 1.807) is 0 Å². The van der Waals surface area contributed by atoms with Crippen LogP contribution >= 0.6 is 22.9 Å². The summed E-state index contributed by atoms with van der Waals surface area (Å²) in [5.41, 5.74) is 0. The van der Waals surface area contributed by atoms with Gasteiger partial charge < -0.3 is 10.6 Å². The topological polar surface area (TPSA) is 84.0 Å². The molecule has 15 heavy (non-hydrogen) atoms. The largest absolute Gasteiger partial charge is 0.355 e. The molecular formula is C7H9ClN4O2S. The summed E-state index contributed by atoms with van der Waals surface area (Å²) in [7, 11) is 0. The number of carbonyl (C=O) groups is 2. The van der Waals surface area contributed by atoms with Gasteiger partial charge in [0.15, 0.2) is 0 Å². The van der Waals surface area contributed by atoms with Crippen molar-refractivity contribution in [1.29, 1.82) is 0 Å². The van der Waals surface area contributed by atoms with Crippen LogP contribution in [-0.2, 0) is 4.79 Å². The molecule has 0 radical (unpaired) electrons. The van der Waals surface area contributed by atoms with Crippen molar-refractivity contribution in [2.24, 2.45) is 0 Å². The molecule has 2 amide bonds. The summed E-state index contributed by atoms with van der Waals surface area (Å²) in [6.45, 7) is 2.13. The molecule has 0 spiro atoms. The number of rotatable bonds is 4. The monoisotopic (exact) mass is 248 g/mol. The van der Waals surface area contributed by atoms with Crippen LogP contribution in [0.4, 0.5) is 0 Å². The quantitative estimate of drug-likeness (QED) is 0.738. The Balaban J connectivity index is 2.28. The molecule has 8 heteroatoms. The van der Waals surface area contributed by atoms with E-state index in [0.29, 0.717) is 13.1 Å². The molecule has 0 saturated heterocycles. The van der Waals surface area contributed by atoms with E-state index in [2.05, 4.69) is 20.8 Å². The first-order valence-electron chi connectivity index (χ1n) is 4.11. The smallest absolute Gasteiger partial charge is 0.282 e. The van der Waals surface area contributed by atoms with Crippen molar-refractivity contribution in [3.8, 4) is 0 Å². The van der Waals surface area contributed by atoms with Crippen LogP contribution in [0.2, 0.25) is 4.47 Å². The molecule has 0 aliphatic rings. The third-order valence-corrected chi connectivity index (χ3v) is 2.40. The summed E-state index contributed by atoms with van der Waals surface area (Å²) >= 11 is 6.52. The van der Waals surface area contributed by atoms with Crippen LogP contribution in [0.25, 0.3) is 0 Å². The van der Waals surface area contributed by atoms with Crippen LogP contribution in [0.5, 0.6) is 0 Å². The fourth-order valence-corrected chi connectivity index (χ4v) is 1.53. The maximum Gasteiger partial charge on any atom is 0.282 e. The van der Waals surface area contributed by atoms with E-state index < -0.39 is 0 Å². The second-order valence-corrected chi connectivity index (χ2v) is 4.16. The molecule has 0 aliphatic heterocycles. The van der Waals surface area contributed by atoms with Crippen molar-refractivity contribution < 1.29 is 9.59 Å². The summed E-state index contributed by atoms with van der Waals surface area (Å²) in [4.78, 5) is 21.8. The summed E-state index contributed by atoms with van der Waals surface area (Å²) in [5, 5.41) is 12.4. The fourth-order valence-electron chi connectivity index (χ4n) is 0.787. The zero-order valence-corrected chi connectivity index (χ0v) is 9.48. The van der Waals surface area contributed by atoms with Crippen molar-refractivity contribution >= 4 is 34.8 Å². The summed E-state index contributed by atoms with van der Waals surface area (Å²) in [5.74, 6) is -0.479. The molecule has 2 N–H and O–H groups in total. The highest BCUT2D eigenvalue weighted by Crippen LogP contribution is 2.14. The van der Waals surface area contributed by atoms with Crippen molar-refractivity contribution in [3.05, 3.63) is 9.47 Å². The number of halogens is 1. The standard InChI is InChI=1S/C7H9ClN4O2S/c1-4(13)9-2-3-10-5(14)6-11-12-7(8)15-6/h2-3H2,1H3,(H,9,13)(H,10,14). The molecule has 0 aromatic carbocycles. The molecule has 1 aromatic heterocycles. The molecule has 0 atom stereocenters. The highest BCUT2D eigenvalue weighted by Gasteiger charge is 2.10. The van der Waals surface area contributed by atoms with Gasteiger partial charge in [-0.25, -0.2) is 0 Å². The number of amides is 2. The van der Waals surface area contributed by atoms with Crippen LogP contribution in [0.1, 0.15) is 16.7 Å². The van der Waals surface area contributed by atoms with Gasteiger partial charge in [0.05, 0.1) is 0 Å². The molecule has 0 fully saturated rings. The van der Waals surface area contributed by atoms with E-state index in [4.69, 9.17) is 11.6 Å². The molecule has 0 unspecified atom stereocenters. The second kappa shape index (κ2) is 5.62. The Morgan fingerprint density at radius 2 is 2.00 bits per heavy atom. The van der Waals surface area contributed by atoms with E-state index >= 15 is 0 Å². The molecule has 1 rings (SSSR count). The predicted octanol–water partition coefficient (Wildman–Crippen LogP) is 0.0574. The average molecular weight is 249 g/mol.